The van der Waals surface area contributed by atoms with Gasteiger partial charge < -0.3 is 9.64 Å². The van der Waals surface area contributed by atoms with Gasteiger partial charge in [-0.15, -0.1) is 0 Å². The van der Waals surface area contributed by atoms with Gasteiger partial charge in [0.15, 0.2) is 0 Å². The van der Waals surface area contributed by atoms with Crippen LogP contribution in [0.25, 0.3) is 10.9 Å². The molecule has 3 heterocycles. The number of nitrogens with zero attached hydrogens (tertiary/aromatic N) is 4. The highest BCUT2D eigenvalue weighted by Crippen LogP contribution is 2.19. The normalized spacial score (nSPS) is 16.5. The lowest BCUT2D eigenvalue weighted by atomic mass is 10.2. The van der Waals surface area contributed by atoms with E-state index >= 15 is 0 Å². The van der Waals surface area contributed by atoms with Gasteiger partial charge in [0.25, 0.3) is 5.56 Å². The molecule has 1 aliphatic rings. The molecular formula is C20H19BrN4O3. The van der Waals surface area contributed by atoms with Crippen LogP contribution in [0, 0.1) is 0 Å². The lowest BCUT2D eigenvalue weighted by Gasteiger charge is -2.17. The highest BCUT2D eigenvalue weighted by Gasteiger charge is 2.27. The first-order chi connectivity index (χ1) is 13.6. The van der Waals surface area contributed by atoms with Gasteiger partial charge in [-0.05, 0) is 34.1 Å². The van der Waals surface area contributed by atoms with E-state index in [4.69, 9.17) is 4.74 Å². The number of halogens is 1. The van der Waals surface area contributed by atoms with E-state index < -0.39 is 0 Å². The van der Waals surface area contributed by atoms with Crippen LogP contribution < -0.4 is 10.3 Å². The largest absolute Gasteiger partial charge is 0.472 e. The van der Waals surface area contributed by atoms with Crippen LogP contribution >= 0.6 is 15.9 Å². The summed E-state index contributed by atoms with van der Waals surface area (Å²) < 4.78 is 8.24. The quantitative estimate of drug-likeness (QED) is 0.606. The molecule has 7 nitrogen and oxygen atoms in total. The third-order valence-corrected chi connectivity index (χ3v) is 5.25. The molecule has 0 saturated carbocycles. The van der Waals surface area contributed by atoms with Gasteiger partial charge in [-0.2, -0.15) is 0 Å². The van der Waals surface area contributed by atoms with Gasteiger partial charge in [0.05, 0.1) is 23.8 Å². The standard InChI is InChI=1S/C20H19BrN4O3/c21-14-5-6-18(22-11-14)28-15-7-9-24(12-15)19(26)8-10-25-13-23-17-4-2-1-3-16(17)20(25)27/h1-6,11,13,15H,7-10,12H2. The number of carbonyl (C=O) groups is 1. The van der Waals surface area contributed by atoms with E-state index in [0.29, 0.717) is 36.4 Å². The van der Waals surface area contributed by atoms with Crippen molar-refractivity contribution in [2.24, 2.45) is 0 Å². The SMILES string of the molecule is O=C(CCn1cnc2ccccc2c1=O)N1CCC(Oc2ccc(Br)cn2)C1. The van der Waals surface area contributed by atoms with Crippen LogP contribution in [-0.4, -0.2) is 44.5 Å². The Bertz CT molecular complexity index is 1050. The van der Waals surface area contributed by atoms with Gasteiger partial charge in [-0.25, -0.2) is 9.97 Å². The topological polar surface area (TPSA) is 77.3 Å². The summed E-state index contributed by atoms with van der Waals surface area (Å²) in [6.45, 7) is 1.48. The minimum absolute atomic E-state index is 0.00919. The summed E-state index contributed by atoms with van der Waals surface area (Å²) in [4.78, 5) is 35.3. The summed E-state index contributed by atoms with van der Waals surface area (Å²) >= 11 is 3.34. The van der Waals surface area contributed by atoms with Crippen molar-refractivity contribution in [3.63, 3.8) is 0 Å². The van der Waals surface area contributed by atoms with Gasteiger partial charge >= 0.3 is 0 Å². The Morgan fingerprint density at radius 3 is 2.89 bits per heavy atom. The Balaban J connectivity index is 1.34. The number of aryl methyl sites for hydroxylation is 1. The van der Waals surface area contributed by atoms with Crippen molar-refractivity contribution in [1.82, 2.24) is 19.4 Å². The molecular weight excluding hydrogens is 424 g/mol. The van der Waals surface area contributed by atoms with Gasteiger partial charge in [-0.3, -0.25) is 14.2 Å². The zero-order chi connectivity index (χ0) is 19.5. The Hall–Kier alpha value is -2.74. The molecule has 0 bridgehead atoms. The minimum Gasteiger partial charge on any atom is -0.472 e. The Morgan fingerprint density at radius 2 is 2.07 bits per heavy atom. The van der Waals surface area contributed by atoms with Crippen LogP contribution in [0.5, 0.6) is 5.88 Å². The third kappa shape index (κ3) is 4.06. The number of hydrogen-bond donors (Lipinski definition) is 0. The summed E-state index contributed by atoms with van der Waals surface area (Å²) in [6.07, 6.45) is 4.14. The number of para-hydroxylation sites is 1. The number of amides is 1. The number of fused-ring (bicyclic) bond motifs is 1. The Morgan fingerprint density at radius 1 is 1.21 bits per heavy atom. The second-order valence-electron chi connectivity index (χ2n) is 6.69. The van der Waals surface area contributed by atoms with E-state index in [1.165, 1.54) is 10.9 Å². The number of benzene rings is 1. The lowest BCUT2D eigenvalue weighted by molar-refractivity contribution is -0.130. The molecule has 1 amide bonds. The molecule has 3 aromatic rings. The number of hydrogen-bond acceptors (Lipinski definition) is 5. The van der Waals surface area contributed by atoms with Crippen molar-refractivity contribution in [2.45, 2.75) is 25.5 Å². The van der Waals surface area contributed by atoms with Crippen molar-refractivity contribution in [3.8, 4) is 5.88 Å². The maximum absolute atomic E-state index is 12.5. The fraction of sp³-hybridized carbons (Fsp3) is 0.300. The molecule has 0 radical (unpaired) electrons. The summed E-state index contributed by atoms with van der Waals surface area (Å²) in [5.41, 5.74) is 0.540. The van der Waals surface area contributed by atoms with Gasteiger partial charge in [0.1, 0.15) is 6.10 Å². The average molecular weight is 443 g/mol. The third-order valence-electron chi connectivity index (χ3n) is 4.78. The predicted octanol–water partition coefficient (Wildman–Crippen LogP) is 2.62. The summed E-state index contributed by atoms with van der Waals surface area (Å²) in [5, 5.41) is 0.564. The molecule has 0 spiro atoms. The zero-order valence-corrected chi connectivity index (χ0v) is 16.7. The molecule has 1 aromatic carbocycles. The van der Waals surface area contributed by atoms with Crippen molar-refractivity contribution < 1.29 is 9.53 Å². The highest BCUT2D eigenvalue weighted by molar-refractivity contribution is 9.10. The fourth-order valence-electron chi connectivity index (χ4n) is 3.29. The van der Waals surface area contributed by atoms with E-state index in [1.807, 2.05) is 18.2 Å². The van der Waals surface area contributed by atoms with Crippen molar-refractivity contribution in [2.75, 3.05) is 13.1 Å². The zero-order valence-electron chi connectivity index (χ0n) is 15.1. The monoisotopic (exact) mass is 442 g/mol. The number of likely N-dealkylation sites (tertiary alicyclic amines) is 1. The van der Waals surface area contributed by atoms with E-state index in [-0.39, 0.29) is 24.0 Å². The first-order valence-electron chi connectivity index (χ1n) is 9.10. The molecule has 4 rings (SSSR count). The van der Waals surface area contributed by atoms with Crippen LogP contribution in [0.4, 0.5) is 0 Å². The van der Waals surface area contributed by atoms with E-state index in [0.717, 1.165) is 10.9 Å². The van der Waals surface area contributed by atoms with Crippen LogP contribution in [0.1, 0.15) is 12.8 Å². The molecule has 1 atom stereocenters. The van der Waals surface area contributed by atoms with E-state index in [9.17, 15) is 9.59 Å². The molecule has 2 aromatic heterocycles. The Kier molecular flexibility index (Phi) is 5.38. The van der Waals surface area contributed by atoms with E-state index in [1.54, 1.807) is 29.3 Å². The summed E-state index contributed by atoms with van der Waals surface area (Å²) in [6, 6.07) is 10.9. The maximum atomic E-state index is 12.5. The molecule has 144 valence electrons. The van der Waals surface area contributed by atoms with Gasteiger partial charge in [0, 0.05) is 42.7 Å². The second kappa shape index (κ2) is 8.10. The first-order valence-corrected chi connectivity index (χ1v) is 9.89. The predicted molar refractivity (Wildman–Crippen MR) is 108 cm³/mol. The Labute approximate surface area is 170 Å². The molecule has 1 aliphatic heterocycles. The van der Waals surface area contributed by atoms with Crippen LogP contribution in [0.2, 0.25) is 0 Å². The van der Waals surface area contributed by atoms with Gasteiger partial charge in [0.2, 0.25) is 11.8 Å². The summed E-state index contributed by atoms with van der Waals surface area (Å²) in [5.74, 6) is 0.561. The smallest absolute Gasteiger partial charge is 0.261 e. The number of rotatable bonds is 5. The number of carbonyl (C=O) groups excluding carboxylic acids is 1. The fourth-order valence-corrected chi connectivity index (χ4v) is 3.53. The average Bonchev–Trinajstić information content (AvgIpc) is 3.18. The molecule has 8 heteroatoms. The number of pyridine rings is 1. The van der Waals surface area contributed by atoms with Crippen LogP contribution in [-0.2, 0) is 11.3 Å². The molecule has 0 N–H and O–H groups in total. The molecule has 28 heavy (non-hydrogen) atoms. The molecule has 0 aliphatic carbocycles. The van der Waals surface area contributed by atoms with Crippen LogP contribution in [0.3, 0.4) is 0 Å². The lowest BCUT2D eigenvalue weighted by Crippen LogP contribution is -2.32. The maximum Gasteiger partial charge on any atom is 0.261 e. The molecule has 1 unspecified atom stereocenters. The van der Waals surface area contributed by atoms with Crippen LogP contribution in [0.15, 0.2) is 58.2 Å². The molecule has 1 fully saturated rings. The van der Waals surface area contributed by atoms with Crippen molar-refractivity contribution in [1.29, 1.82) is 0 Å². The second-order valence-corrected chi connectivity index (χ2v) is 7.61. The van der Waals surface area contributed by atoms with Gasteiger partial charge in [-0.1, -0.05) is 12.1 Å². The summed E-state index contributed by atoms with van der Waals surface area (Å²) in [7, 11) is 0. The molecule has 1 saturated heterocycles. The minimum atomic E-state index is -0.123. The number of aromatic nitrogens is 3. The van der Waals surface area contributed by atoms with Crippen molar-refractivity contribution in [3.05, 3.63) is 63.7 Å². The highest BCUT2D eigenvalue weighted by atomic mass is 79.9. The van der Waals surface area contributed by atoms with E-state index in [2.05, 4.69) is 25.9 Å². The first kappa shape index (κ1) is 18.6. The van der Waals surface area contributed by atoms with Crippen molar-refractivity contribution >= 4 is 32.7 Å². The number of ether oxygens (including phenoxy) is 1.